The highest BCUT2D eigenvalue weighted by Crippen LogP contribution is 2.29. The molecule has 0 saturated carbocycles. The largest absolute Gasteiger partial charge is 0.489 e. The van der Waals surface area contributed by atoms with Gasteiger partial charge in [0.05, 0.1) is 17.5 Å². The maximum Gasteiger partial charge on any atom is 0.187 e. The number of benzene rings is 1. The molecule has 5 heteroatoms. The van der Waals surface area contributed by atoms with Gasteiger partial charge in [-0.05, 0) is 45.9 Å². The van der Waals surface area contributed by atoms with E-state index in [1.54, 1.807) is 11.3 Å². The standard InChI is InChI=1S/C18H27N3OS/c1-5-10-19-14(4)11-15-12-23-18(20-15)21-16-8-6-7-9-17(16)22-13(2)3/h6-9,12-14,19H,5,10-11H2,1-4H3,(H,20,21). The Morgan fingerprint density at radius 2 is 2.00 bits per heavy atom. The van der Waals surface area contributed by atoms with Crippen molar-refractivity contribution < 1.29 is 4.74 Å². The van der Waals surface area contributed by atoms with E-state index in [0.29, 0.717) is 6.04 Å². The summed E-state index contributed by atoms with van der Waals surface area (Å²) in [5.41, 5.74) is 2.08. The number of ether oxygens (including phenoxy) is 1. The van der Waals surface area contributed by atoms with Gasteiger partial charge in [0.1, 0.15) is 5.75 Å². The molecular formula is C18H27N3OS. The summed E-state index contributed by atoms with van der Waals surface area (Å²) in [6.45, 7) is 9.50. The smallest absolute Gasteiger partial charge is 0.187 e. The van der Waals surface area contributed by atoms with Crippen molar-refractivity contribution in [2.24, 2.45) is 0 Å². The summed E-state index contributed by atoms with van der Waals surface area (Å²) in [7, 11) is 0. The van der Waals surface area contributed by atoms with E-state index in [1.165, 1.54) is 0 Å². The first kappa shape index (κ1) is 17.8. The van der Waals surface area contributed by atoms with Crippen molar-refractivity contribution in [2.75, 3.05) is 11.9 Å². The normalized spacial score (nSPS) is 12.4. The molecular weight excluding hydrogens is 306 g/mol. The molecule has 0 aliphatic heterocycles. The highest BCUT2D eigenvalue weighted by atomic mass is 32.1. The molecule has 0 fully saturated rings. The summed E-state index contributed by atoms with van der Waals surface area (Å²) in [6.07, 6.45) is 2.25. The molecule has 2 aromatic rings. The Kier molecular flexibility index (Phi) is 6.86. The molecule has 0 bridgehead atoms. The first-order valence-electron chi connectivity index (χ1n) is 8.29. The van der Waals surface area contributed by atoms with Crippen molar-refractivity contribution in [2.45, 2.75) is 52.7 Å². The summed E-state index contributed by atoms with van der Waals surface area (Å²) in [4.78, 5) is 4.69. The number of nitrogens with zero attached hydrogens (tertiary/aromatic N) is 1. The SMILES string of the molecule is CCCNC(C)Cc1csc(Nc2ccccc2OC(C)C)n1. The number of hydrogen-bond donors (Lipinski definition) is 2. The number of hydrogen-bond acceptors (Lipinski definition) is 5. The second-order valence-corrected chi connectivity index (χ2v) is 6.85. The number of rotatable bonds is 9. The van der Waals surface area contributed by atoms with Crippen LogP contribution in [0.4, 0.5) is 10.8 Å². The molecule has 0 aliphatic rings. The van der Waals surface area contributed by atoms with Gasteiger partial charge in [-0.25, -0.2) is 4.98 Å². The topological polar surface area (TPSA) is 46.2 Å². The van der Waals surface area contributed by atoms with Crippen molar-refractivity contribution in [3.05, 3.63) is 35.3 Å². The number of aromatic nitrogens is 1. The molecule has 0 radical (unpaired) electrons. The van der Waals surface area contributed by atoms with Gasteiger partial charge in [0.15, 0.2) is 5.13 Å². The third-order valence-electron chi connectivity index (χ3n) is 3.30. The minimum absolute atomic E-state index is 0.148. The van der Waals surface area contributed by atoms with Crippen LogP contribution in [0.3, 0.4) is 0 Å². The summed E-state index contributed by atoms with van der Waals surface area (Å²) in [5, 5.41) is 9.90. The van der Waals surface area contributed by atoms with Gasteiger partial charge in [-0.2, -0.15) is 0 Å². The highest BCUT2D eigenvalue weighted by molar-refractivity contribution is 7.13. The molecule has 1 atom stereocenters. The minimum atomic E-state index is 0.148. The van der Waals surface area contributed by atoms with E-state index >= 15 is 0 Å². The van der Waals surface area contributed by atoms with Crippen molar-refractivity contribution >= 4 is 22.2 Å². The predicted molar refractivity (Wildman–Crippen MR) is 99.1 cm³/mol. The second kappa shape index (κ2) is 8.89. The number of thiazole rings is 1. The summed E-state index contributed by atoms with van der Waals surface area (Å²) >= 11 is 1.63. The lowest BCUT2D eigenvalue weighted by molar-refractivity contribution is 0.244. The van der Waals surface area contributed by atoms with Crippen LogP contribution in [-0.2, 0) is 6.42 Å². The summed E-state index contributed by atoms with van der Waals surface area (Å²) in [6, 6.07) is 8.43. The fourth-order valence-corrected chi connectivity index (χ4v) is 3.01. The molecule has 0 amide bonds. The lowest BCUT2D eigenvalue weighted by atomic mass is 10.2. The van der Waals surface area contributed by atoms with Gasteiger partial charge in [-0.3, -0.25) is 0 Å². The lowest BCUT2D eigenvalue weighted by Crippen LogP contribution is -2.28. The van der Waals surface area contributed by atoms with Crippen LogP contribution in [0.1, 0.15) is 39.8 Å². The van der Waals surface area contributed by atoms with Gasteiger partial charge < -0.3 is 15.4 Å². The molecule has 1 aromatic heterocycles. The molecule has 2 rings (SSSR count). The van der Waals surface area contributed by atoms with Crippen molar-refractivity contribution in [3.8, 4) is 5.75 Å². The Morgan fingerprint density at radius 3 is 2.74 bits per heavy atom. The Labute approximate surface area is 143 Å². The monoisotopic (exact) mass is 333 g/mol. The van der Waals surface area contributed by atoms with Gasteiger partial charge in [0.2, 0.25) is 0 Å². The van der Waals surface area contributed by atoms with E-state index in [2.05, 4.69) is 34.8 Å². The highest BCUT2D eigenvalue weighted by Gasteiger charge is 2.10. The number of anilines is 2. The third-order valence-corrected chi connectivity index (χ3v) is 4.11. The van der Waals surface area contributed by atoms with Crippen LogP contribution in [0.25, 0.3) is 0 Å². The molecule has 1 aromatic carbocycles. The van der Waals surface area contributed by atoms with Crippen LogP contribution in [0.5, 0.6) is 5.75 Å². The zero-order valence-electron chi connectivity index (χ0n) is 14.4. The van der Waals surface area contributed by atoms with Gasteiger partial charge in [0.25, 0.3) is 0 Å². The first-order valence-corrected chi connectivity index (χ1v) is 9.17. The Morgan fingerprint density at radius 1 is 1.22 bits per heavy atom. The quantitative estimate of drug-likeness (QED) is 0.704. The summed E-state index contributed by atoms with van der Waals surface area (Å²) < 4.78 is 5.84. The van der Waals surface area contributed by atoms with Crippen molar-refractivity contribution in [1.29, 1.82) is 0 Å². The lowest BCUT2D eigenvalue weighted by Gasteiger charge is -2.14. The van der Waals surface area contributed by atoms with E-state index < -0.39 is 0 Å². The average Bonchev–Trinajstić information content (AvgIpc) is 2.93. The van der Waals surface area contributed by atoms with Crippen molar-refractivity contribution in [1.82, 2.24) is 10.3 Å². The van der Waals surface area contributed by atoms with E-state index in [9.17, 15) is 0 Å². The van der Waals surface area contributed by atoms with Crippen LogP contribution in [-0.4, -0.2) is 23.7 Å². The van der Waals surface area contributed by atoms with E-state index in [1.807, 2.05) is 38.1 Å². The van der Waals surface area contributed by atoms with Crippen LogP contribution < -0.4 is 15.4 Å². The number of para-hydroxylation sites is 2. The second-order valence-electron chi connectivity index (χ2n) is 5.99. The van der Waals surface area contributed by atoms with E-state index in [0.717, 1.165) is 41.6 Å². The molecule has 0 spiro atoms. The Hall–Kier alpha value is -1.59. The van der Waals surface area contributed by atoms with Crippen LogP contribution in [0.15, 0.2) is 29.6 Å². The van der Waals surface area contributed by atoms with Gasteiger partial charge >= 0.3 is 0 Å². The fraction of sp³-hybridized carbons (Fsp3) is 0.500. The minimum Gasteiger partial charge on any atom is -0.489 e. The predicted octanol–water partition coefficient (Wildman–Crippen LogP) is 4.60. The summed E-state index contributed by atoms with van der Waals surface area (Å²) in [5.74, 6) is 0.859. The average molecular weight is 334 g/mol. The van der Waals surface area contributed by atoms with Crippen LogP contribution >= 0.6 is 11.3 Å². The molecule has 0 saturated heterocycles. The van der Waals surface area contributed by atoms with Gasteiger partial charge in [0, 0.05) is 17.8 Å². The van der Waals surface area contributed by atoms with Crippen LogP contribution in [0, 0.1) is 0 Å². The van der Waals surface area contributed by atoms with E-state index in [4.69, 9.17) is 4.74 Å². The Bertz CT molecular complexity index is 597. The van der Waals surface area contributed by atoms with Crippen LogP contribution in [0.2, 0.25) is 0 Å². The van der Waals surface area contributed by atoms with Gasteiger partial charge in [-0.1, -0.05) is 19.1 Å². The molecule has 4 nitrogen and oxygen atoms in total. The van der Waals surface area contributed by atoms with Gasteiger partial charge in [-0.15, -0.1) is 11.3 Å². The fourth-order valence-electron chi connectivity index (χ4n) is 2.28. The third kappa shape index (κ3) is 5.84. The molecule has 126 valence electrons. The maximum absolute atomic E-state index is 5.84. The first-order chi connectivity index (χ1) is 11.1. The molecule has 2 N–H and O–H groups in total. The molecule has 1 heterocycles. The zero-order chi connectivity index (χ0) is 16.7. The zero-order valence-corrected chi connectivity index (χ0v) is 15.2. The molecule has 23 heavy (non-hydrogen) atoms. The number of nitrogens with one attached hydrogen (secondary N) is 2. The molecule has 1 unspecified atom stereocenters. The van der Waals surface area contributed by atoms with Crippen molar-refractivity contribution in [3.63, 3.8) is 0 Å². The maximum atomic E-state index is 5.84. The Balaban J connectivity index is 1.99. The van der Waals surface area contributed by atoms with E-state index in [-0.39, 0.29) is 6.10 Å². The molecule has 0 aliphatic carbocycles.